The molecule has 0 atom stereocenters. The third-order valence-corrected chi connectivity index (χ3v) is 3.01. The largest absolute Gasteiger partial charge is 0.468 e. The van der Waals surface area contributed by atoms with E-state index in [2.05, 4.69) is 9.47 Å². The zero-order chi connectivity index (χ0) is 13.3. The number of hydrogen-bond donors (Lipinski definition) is 0. The Balaban J connectivity index is 2.28. The first-order chi connectivity index (χ1) is 8.49. The zero-order valence-electron chi connectivity index (χ0n) is 9.58. The molecule has 1 aromatic rings. The second kappa shape index (κ2) is 4.51. The maximum atomic E-state index is 13.8. The van der Waals surface area contributed by atoms with Gasteiger partial charge in [0, 0.05) is 11.6 Å². The average molecular weight is 260 g/mol. The number of esters is 1. The minimum absolute atomic E-state index is 0.163. The Hall–Kier alpha value is -1.72. The van der Waals surface area contributed by atoms with Crippen LogP contribution in [-0.2, 0) is 14.9 Å². The molecule has 0 bridgehead atoms. The van der Waals surface area contributed by atoms with Crippen LogP contribution in [0.15, 0.2) is 18.2 Å². The van der Waals surface area contributed by atoms with E-state index in [4.69, 9.17) is 0 Å². The van der Waals surface area contributed by atoms with Crippen LogP contribution in [0.1, 0.15) is 18.4 Å². The topological polar surface area (TPSA) is 35.5 Å². The lowest BCUT2D eigenvalue weighted by Gasteiger charge is -2.14. The van der Waals surface area contributed by atoms with Crippen LogP contribution in [0.25, 0.3) is 0 Å². The minimum Gasteiger partial charge on any atom is -0.468 e. The van der Waals surface area contributed by atoms with Crippen molar-refractivity contribution in [1.29, 1.82) is 0 Å². The maximum Gasteiger partial charge on any atom is 0.387 e. The molecule has 98 valence electrons. The molecule has 1 aliphatic carbocycles. The lowest BCUT2D eigenvalue weighted by Crippen LogP contribution is -2.23. The lowest BCUT2D eigenvalue weighted by molar-refractivity contribution is -0.143. The van der Waals surface area contributed by atoms with Crippen LogP contribution in [-0.4, -0.2) is 19.7 Å². The molecule has 0 heterocycles. The second-order valence-electron chi connectivity index (χ2n) is 4.09. The number of hydrogen-bond acceptors (Lipinski definition) is 3. The van der Waals surface area contributed by atoms with Gasteiger partial charge in [-0.15, -0.1) is 0 Å². The molecule has 2 rings (SSSR count). The van der Waals surface area contributed by atoms with Crippen molar-refractivity contribution in [3.05, 3.63) is 29.6 Å². The van der Waals surface area contributed by atoms with E-state index in [0.717, 1.165) is 6.07 Å². The van der Waals surface area contributed by atoms with Crippen molar-refractivity contribution in [1.82, 2.24) is 0 Å². The normalized spacial score (nSPS) is 16.5. The van der Waals surface area contributed by atoms with E-state index in [9.17, 15) is 18.0 Å². The highest BCUT2D eigenvalue weighted by Crippen LogP contribution is 2.50. The van der Waals surface area contributed by atoms with Gasteiger partial charge in [0.25, 0.3) is 0 Å². The molecule has 1 fully saturated rings. The van der Waals surface area contributed by atoms with Crippen LogP contribution in [0.4, 0.5) is 13.2 Å². The summed E-state index contributed by atoms with van der Waals surface area (Å²) in [5.41, 5.74) is -0.793. The van der Waals surface area contributed by atoms with Crippen molar-refractivity contribution < 1.29 is 27.4 Å². The van der Waals surface area contributed by atoms with Crippen molar-refractivity contribution in [2.24, 2.45) is 0 Å². The predicted octanol–water partition coefficient (Wildman–Crippen LogP) is 2.63. The van der Waals surface area contributed by atoms with Gasteiger partial charge in [0.2, 0.25) is 0 Å². The summed E-state index contributed by atoms with van der Waals surface area (Å²) in [4.78, 5) is 11.6. The van der Waals surface area contributed by atoms with E-state index in [-0.39, 0.29) is 11.3 Å². The molecular formula is C12H11F3O3. The van der Waals surface area contributed by atoms with Crippen LogP contribution in [0.3, 0.4) is 0 Å². The maximum absolute atomic E-state index is 13.8. The number of methoxy groups -OCH3 is 1. The summed E-state index contributed by atoms with van der Waals surface area (Å²) < 4.78 is 46.4. The van der Waals surface area contributed by atoms with Crippen molar-refractivity contribution >= 4 is 5.97 Å². The fourth-order valence-corrected chi connectivity index (χ4v) is 1.96. The van der Waals surface area contributed by atoms with Gasteiger partial charge in [-0.3, -0.25) is 4.79 Å². The average Bonchev–Trinajstić information content (AvgIpc) is 3.08. The first-order valence-corrected chi connectivity index (χ1v) is 5.33. The van der Waals surface area contributed by atoms with Gasteiger partial charge in [-0.25, -0.2) is 4.39 Å². The molecular weight excluding hydrogens is 249 g/mol. The molecule has 0 radical (unpaired) electrons. The number of rotatable bonds is 4. The molecule has 0 aromatic heterocycles. The number of benzene rings is 1. The SMILES string of the molecule is COC(=O)C1(c2ccc(OC(F)F)cc2F)CC1. The fourth-order valence-electron chi connectivity index (χ4n) is 1.96. The highest BCUT2D eigenvalue weighted by atomic mass is 19.3. The Labute approximate surface area is 102 Å². The Bertz CT molecular complexity index is 470. The molecule has 6 heteroatoms. The Morgan fingerprint density at radius 3 is 2.50 bits per heavy atom. The zero-order valence-corrected chi connectivity index (χ0v) is 9.58. The molecule has 1 saturated carbocycles. The molecule has 18 heavy (non-hydrogen) atoms. The fraction of sp³-hybridized carbons (Fsp3) is 0.417. The van der Waals surface area contributed by atoms with Crippen LogP contribution in [0.5, 0.6) is 5.75 Å². The van der Waals surface area contributed by atoms with Gasteiger partial charge in [0.15, 0.2) is 0 Å². The number of ether oxygens (including phenoxy) is 2. The third-order valence-electron chi connectivity index (χ3n) is 3.01. The quantitative estimate of drug-likeness (QED) is 0.781. The summed E-state index contributed by atoms with van der Waals surface area (Å²) in [5.74, 6) is -1.52. The molecule has 0 N–H and O–H groups in total. The smallest absolute Gasteiger partial charge is 0.387 e. The van der Waals surface area contributed by atoms with Gasteiger partial charge >= 0.3 is 12.6 Å². The van der Waals surface area contributed by atoms with Crippen molar-refractivity contribution in [3.8, 4) is 5.75 Å². The van der Waals surface area contributed by atoms with Gasteiger partial charge in [0.05, 0.1) is 12.5 Å². The molecule has 0 aliphatic heterocycles. The molecule has 0 unspecified atom stereocenters. The van der Waals surface area contributed by atoms with E-state index in [1.807, 2.05) is 0 Å². The van der Waals surface area contributed by atoms with E-state index in [1.54, 1.807) is 0 Å². The van der Waals surface area contributed by atoms with Crippen molar-refractivity contribution in [3.63, 3.8) is 0 Å². The Kier molecular flexibility index (Phi) is 3.19. The number of halogens is 3. The summed E-state index contributed by atoms with van der Waals surface area (Å²) in [6.45, 7) is -3.01. The number of carbonyl (C=O) groups is 1. The van der Waals surface area contributed by atoms with E-state index < -0.39 is 23.8 Å². The van der Waals surface area contributed by atoms with Gasteiger partial charge < -0.3 is 9.47 Å². The van der Waals surface area contributed by atoms with Crippen molar-refractivity contribution in [2.75, 3.05) is 7.11 Å². The molecule has 0 spiro atoms. The summed E-state index contributed by atoms with van der Waals surface area (Å²) in [6, 6.07) is 3.36. The summed E-state index contributed by atoms with van der Waals surface area (Å²) in [6.07, 6.45) is 0.983. The molecule has 0 saturated heterocycles. The van der Waals surface area contributed by atoms with Crippen LogP contribution >= 0.6 is 0 Å². The van der Waals surface area contributed by atoms with E-state index in [1.165, 1.54) is 19.2 Å². The summed E-state index contributed by atoms with van der Waals surface area (Å²) >= 11 is 0. The van der Waals surface area contributed by atoms with Gasteiger partial charge in [-0.1, -0.05) is 6.07 Å². The van der Waals surface area contributed by atoms with Crippen LogP contribution in [0.2, 0.25) is 0 Å². The Morgan fingerprint density at radius 2 is 2.06 bits per heavy atom. The predicted molar refractivity (Wildman–Crippen MR) is 56.0 cm³/mol. The first-order valence-electron chi connectivity index (χ1n) is 5.33. The highest BCUT2D eigenvalue weighted by molar-refractivity contribution is 5.86. The van der Waals surface area contributed by atoms with E-state index >= 15 is 0 Å². The molecule has 1 aromatic carbocycles. The van der Waals surface area contributed by atoms with Gasteiger partial charge in [-0.05, 0) is 18.9 Å². The summed E-state index contributed by atoms with van der Waals surface area (Å²) in [5, 5.41) is 0. The standard InChI is InChI=1S/C12H11F3O3/c1-17-10(16)12(4-5-12)8-3-2-7(6-9(8)13)18-11(14)15/h2-3,6,11H,4-5H2,1H3. The number of carbonyl (C=O) groups excluding carboxylic acids is 1. The first kappa shape index (κ1) is 12.7. The Morgan fingerprint density at radius 1 is 1.39 bits per heavy atom. The van der Waals surface area contributed by atoms with E-state index in [0.29, 0.717) is 12.8 Å². The minimum atomic E-state index is -3.01. The molecule has 0 amide bonds. The third kappa shape index (κ3) is 2.14. The lowest BCUT2D eigenvalue weighted by atomic mass is 9.95. The van der Waals surface area contributed by atoms with Crippen LogP contribution < -0.4 is 4.74 Å². The van der Waals surface area contributed by atoms with Crippen LogP contribution in [0, 0.1) is 5.82 Å². The monoisotopic (exact) mass is 260 g/mol. The second-order valence-corrected chi connectivity index (χ2v) is 4.09. The number of alkyl halides is 2. The summed E-state index contributed by atoms with van der Waals surface area (Å²) in [7, 11) is 1.23. The molecule has 3 nitrogen and oxygen atoms in total. The van der Waals surface area contributed by atoms with Gasteiger partial charge in [-0.2, -0.15) is 8.78 Å². The molecule has 1 aliphatic rings. The van der Waals surface area contributed by atoms with Crippen molar-refractivity contribution in [2.45, 2.75) is 24.9 Å². The van der Waals surface area contributed by atoms with Gasteiger partial charge in [0.1, 0.15) is 11.6 Å². The highest BCUT2D eigenvalue weighted by Gasteiger charge is 2.54.